The Kier molecular flexibility index (Phi) is 5.35. The van der Waals surface area contributed by atoms with Crippen molar-refractivity contribution >= 4 is 33.3 Å². The molecule has 3 aromatic heterocycles. The fraction of sp³-hybridized carbons (Fsp3) is 0.0667. The van der Waals surface area contributed by atoms with E-state index in [-0.39, 0.29) is 5.78 Å². The Hall–Kier alpha value is -4.64. The molecule has 0 spiro atoms. The first-order valence-electron chi connectivity index (χ1n) is 11.5. The minimum absolute atomic E-state index is 0.0779. The van der Waals surface area contributed by atoms with Crippen LogP contribution >= 0.6 is 0 Å². The van der Waals surface area contributed by atoms with Crippen molar-refractivity contribution in [1.82, 2.24) is 4.57 Å². The predicted molar refractivity (Wildman–Crippen MR) is 135 cm³/mol. The molecule has 0 saturated heterocycles. The molecule has 0 bridgehead atoms. The number of carbonyl (C=O) groups excluding carboxylic acids is 1. The molecule has 0 amide bonds. The van der Waals surface area contributed by atoms with Crippen LogP contribution in [0.1, 0.15) is 21.9 Å². The van der Waals surface area contributed by atoms with Gasteiger partial charge in [0.2, 0.25) is 12.1 Å². The molecule has 0 atom stereocenters. The van der Waals surface area contributed by atoms with Crippen LogP contribution in [0.25, 0.3) is 27.5 Å². The van der Waals surface area contributed by atoms with Gasteiger partial charge in [-0.3, -0.25) is 4.79 Å². The first-order valence-corrected chi connectivity index (χ1v) is 11.5. The van der Waals surface area contributed by atoms with E-state index in [9.17, 15) is 4.79 Å². The third-order valence-electron chi connectivity index (χ3n) is 6.06. The number of nitrogens with zero attached hydrogens (tertiary/aromatic N) is 2. The van der Waals surface area contributed by atoms with Gasteiger partial charge in [0, 0.05) is 16.3 Å². The Balaban J connectivity index is 1.31. The number of hydrogen-bond donors (Lipinski definition) is 0. The molecule has 0 aliphatic heterocycles. The average Bonchev–Trinajstić information content (AvgIpc) is 3.63. The Morgan fingerprint density at radius 2 is 1.40 bits per heavy atom. The summed E-state index contributed by atoms with van der Waals surface area (Å²) in [5.74, 6) is 1.59. The van der Waals surface area contributed by atoms with Gasteiger partial charge in [-0.05, 0) is 30.3 Å². The molecule has 0 aliphatic carbocycles. The van der Waals surface area contributed by atoms with Gasteiger partial charge in [-0.15, -0.1) is 0 Å². The van der Waals surface area contributed by atoms with Crippen LogP contribution in [0.15, 0.2) is 125 Å². The van der Waals surface area contributed by atoms with E-state index >= 15 is 0 Å². The SMILES string of the molecule is O=C(C[n+]1ccn(CC=C(c2cc3ccccc3o2)c2cc3ccccc3o2)c1)c1ccccc1. The van der Waals surface area contributed by atoms with Crippen molar-refractivity contribution in [2.24, 2.45) is 0 Å². The van der Waals surface area contributed by atoms with E-state index in [2.05, 4.69) is 6.08 Å². The third-order valence-corrected chi connectivity index (χ3v) is 6.06. The summed E-state index contributed by atoms with van der Waals surface area (Å²) in [5.41, 5.74) is 3.27. The first kappa shape index (κ1) is 20.9. The number of furan rings is 2. The lowest BCUT2D eigenvalue weighted by Gasteiger charge is -2.01. The monoisotopic (exact) mass is 459 g/mol. The molecule has 0 unspecified atom stereocenters. The number of benzene rings is 3. The van der Waals surface area contributed by atoms with Gasteiger partial charge in [0.1, 0.15) is 41.6 Å². The highest BCUT2D eigenvalue weighted by Gasteiger charge is 2.17. The summed E-state index contributed by atoms with van der Waals surface area (Å²) < 4.78 is 16.3. The summed E-state index contributed by atoms with van der Waals surface area (Å²) in [4.78, 5) is 12.6. The standard InChI is InChI=1S/C30H23N2O3/c33-26(22-8-2-1-3-9-22)20-32-17-16-31(21-32)15-14-25(29-18-23-10-4-6-12-27(23)34-29)30-19-24-11-5-7-13-28(24)35-30/h1-14,16-19,21H,15,20H2/q+1. The van der Waals surface area contributed by atoms with Crippen molar-refractivity contribution in [2.75, 3.05) is 0 Å². The summed E-state index contributed by atoms with van der Waals surface area (Å²) in [6.07, 6.45) is 7.91. The second-order valence-corrected chi connectivity index (χ2v) is 8.49. The zero-order chi connectivity index (χ0) is 23.6. The lowest BCUT2D eigenvalue weighted by Crippen LogP contribution is -2.35. The molecule has 170 valence electrons. The Morgan fingerprint density at radius 3 is 2.03 bits per heavy atom. The van der Waals surface area contributed by atoms with Crippen LogP contribution in [-0.2, 0) is 13.1 Å². The molecular formula is C30H23N2O3+. The number of aromatic nitrogens is 2. The fourth-order valence-electron chi connectivity index (χ4n) is 4.27. The van der Waals surface area contributed by atoms with Crippen LogP contribution in [0.3, 0.4) is 0 Å². The zero-order valence-electron chi connectivity index (χ0n) is 19.0. The normalized spacial score (nSPS) is 11.2. The highest BCUT2D eigenvalue weighted by molar-refractivity contribution is 5.95. The van der Waals surface area contributed by atoms with E-state index in [0.717, 1.165) is 39.0 Å². The minimum Gasteiger partial charge on any atom is -0.456 e. The van der Waals surface area contributed by atoms with E-state index in [1.807, 2.05) is 119 Å². The number of rotatable bonds is 7. The zero-order valence-corrected chi connectivity index (χ0v) is 19.0. The van der Waals surface area contributed by atoms with Gasteiger partial charge in [0.25, 0.3) is 0 Å². The van der Waals surface area contributed by atoms with Gasteiger partial charge in [-0.1, -0.05) is 66.7 Å². The maximum Gasteiger partial charge on any atom is 0.244 e. The van der Waals surface area contributed by atoms with Crippen LogP contribution < -0.4 is 4.57 Å². The second kappa shape index (κ2) is 8.95. The van der Waals surface area contributed by atoms with E-state index in [1.54, 1.807) is 0 Å². The van der Waals surface area contributed by atoms with Gasteiger partial charge in [-0.25, -0.2) is 9.13 Å². The third kappa shape index (κ3) is 4.32. The van der Waals surface area contributed by atoms with Gasteiger partial charge >= 0.3 is 0 Å². The number of imidazole rings is 1. The average molecular weight is 460 g/mol. The largest absolute Gasteiger partial charge is 0.456 e. The number of ketones is 1. The smallest absolute Gasteiger partial charge is 0.244 e. The number of para-hydroxylation sites is 2. The molecular weight excluding hydrogens is 436 g/mol. The van der Waals surface area contributed by atoms with Crippen LogP contribution in [0, 0.1) is 0 Å². The van der Waals surface area contributed by atoms with Gasteiger partial charge < -0.3 is 8.83 Å². The summed E-state index contributed by atoms with van der Waals surface area (Å²) in [6, 6.07) is 29.4. The predicted octanol–water partition coefficient (Wildman–Crippen LogP) is 6.28. The van der Waals surface area contributed by atoms with Crippen molar-refractivity contribution in [3.63, 3.8) is 0 Å². The topological polar surface area (TPSA) is 52.2 Å². The number of Topliss-reactive ketones (excluding diaryl/α,β-unsaturated/α-hetero) is 1. The quantitative estimate of drug-likeness (QED) is 0.208. The fourth-order valence-corrected chi connectivity index (χ4v) is 4.27. The lowest BCUT2D eigenvalue weighted by atomic mass is 10.1. The maximum atomic E-state index is 12.6. The molecule has 3 aromatic carbocycles. The lowest BCUT2D eigenvalue weighted by molar-refractivity contribution is -0.682. The summed E-state index contributed by atoms with van der Waals surface area (Å²) in [6.45, 7) is 0.886. The Bertz CT molecular complexity index is 1530. The highest BCUT2D eigenvalue weighted by Crippen LogP contribution is 2.32. The van der Waals surface area contributed by atoms with Gasteiger partial charge in [0.05, 0.1) is 5.57 Å². The van der Waals surface area contributed by atoms with Crippen LogP contribution in [0.4, 0.5) is 0 Å². The van der Waals surface area contributed by atoms with Crippen LogP contribution in [0.2, 0.25) is 0 Å². The van der Waals surface area contributed by atoms with Crippen molar-refractivity contribution in [3.8, 4) is 0 Å². The first-order chi connectivity index (χ1) is 17.2. The van der Waals surface area contributed by atoms with Crippen molar-refractivity contribution < 1.29 is 18.2 Å². The summed E-state index contributed by atoms with van der Waals surface area (Å²) in [7, 11) is 0. The number of fused-ring (bicyclic) bond motifs is 2. The Morgan fingerprint density at radius 1 is 0.800 bits per heavy atom. The maximum absolute atomic E-state index is 12.6. The molecule has 5 heteroatoms. The van der Waals surface area contributed by atoms with Gasteiger partial charge in [0.15, 0.2) is 6.54 Å². The molecule has 0 saturated carbocycles. The molecule has 0 fully saturated rings. The van der Waals surface area contributed by atoms with Crippen molar-refractivity contribution in [2.45, 2.75) is 13.1 Å². The molecule has 6 aromatic rings. The molecule has 0 N–H and O–H groups in total. The van der Waals surface area contributed by atoms with E-state index < -0.39 is 0 Å². The van der Waals surface area contributed by atoms with Gasteiger partial charge in [-0.2, -0.15) is 0 Å². The van der Waals surface area contributed by atoms with Crippen molar-refractivity contribution in [1.29, 1.82) is 0 Å². The van der Waals surface area contributed by atoms with E-state index in [0.29, 0.717) is 18.7 Å². The number of allylic oxidation sites excluding steroid dienone is 1. The number of carbonyl (C=O) groups is 1. The summed E-state index contributed by atoms with van der Waals surface area (Å²) in [5, 5.41) is 2.09. The van der Waals surface area contributed by atoms with E-state index in [4.69, 9.17) is 8.83 Å². The molecule has 5 nitrogen and oxygen atoms in total. The van der Waals surface area contributed by atoms with Crippen LogP contribution in [0.5, 0.6) is 0 Å². The highest BCUT2D eigenvalue weighted by atomic mass is 16.4. The molecule has 6 rings (SSSR count). The molecule has 0 radical (unpaired) electrons. The molecule has 3 heterocycles. The molecule has 0 aliphatic rings. The summed E-state index contributed by atoms with van der Waals surface area (Å²) >= 11 is 0. The number of hydrogen-bond acceptors (Lipinski definition) is 3. The second-order valence-electron chi connectivity index (χ2n) is 8.49. The van der Waals surface area contributed by atoms with E-state index in [1.165, 1.54) is 0 Å². The minimum atomic E-state index is 0.0779. The van der Waals surface area contributed by atoms with Crippen LogP contribution in [-0.4, -0.2) is 10.4 Å². The molecule has 35 heavy (non-hydrogen) atoms. The Labute approximate surface area is 202 Å². The van der Waals surface area contributed by atoms with Crippen molar-refractivity contribution in [3.05, 3.63) is 133 Å².